The Morgan fingerprint density at radius 2 is 1.84 bits per heavy atom. The first-order chi connectivity index (χ1) is 8.88. The highest BCUT2D eigenvalue weighted by atomic mass is 32.2. The Morgan fingerprint density at radius 1 is 1.26 bits per heavy atom. The minimum atomic E-state index is -3.04. The summed E-state index contributed by atoms with van der Waals surface area (Å²) in [7, 11) is -3.04. The van der Waals surface area contributed by atoms with E-state index >= 15 is 0 Å². The van der Waals surface area contributed by atoms with Crippen molar-refractivity contribution in [1.29, 1.82) is 0 Å². The highest BCUT2D eigenvalue weighted by Gasteiger charge is 2.40. The molecule has 6 heteroatoms. The van der Waals surface area contributed by atoms with Crippen LogP contribution in [0, 0.1) is 5.92 Å². The van der Waals surface area contributed by atoms with Gasteiger partial charge in [0, 0.05) is 19.1 Å². The van der Waals surface area contributed by atoms with E-state index in [2.05, 4.69) is 5.32 Å². The molecule has 0 unspecified atom stereocenters. The third-order valence-corrected chi connectivity index (χ3v) is 6.34. The molecule has 1 saturated heterocycles. The molecule has 1 aliphatic heterocycles. The Labute approximate surface area is 115 Å². The van der Waals surface area contributed by atoms with Crippen molar-refractivity contribution in [2.24, 2.45) is 5.92 Å². The van der Waals surface area contributed by atoms with Gasteiger partial charge >= 0.3 is 6.03 Å². The number of nitrogens with zero attached hydrogens (tertiary/aromatic N) is 1. The monoisotopic (exact) mass is 288 g/mol. The molecule has 5 nitrogen and oxygen atoms in total. The molecule has 2 amide bonds. The van der Waals surface area contributed by atoms with E-state index in [-0.39, 0.29) is 23.0 Å². The van der Waals surface area contributed by atoms with E-state index in [1.54, 1.807) is 4.90 Å². The lowest BCUT2D eigenvalue weighted by Crippen LogP contribution is -2.60. The fraction of sp³-hybridized carbons (Fsp3) is 0.923. The fourth-order valence-electron chi connectivity index (χ4n) is 2.77. The first-order valence-corrected chi connectivity index (χ1v) is 8.87. The quantitative estimate of drug-likeness (QED) is 0.850. The Hall–Kier alpha value is -0.780. The predicted octanol–water partition coefficient (Wildman–Crippen LogP) is 1.39. The molecule has 2 fully saturated rings. The normalized spacial score (nSPS) is 21.7. The van der Waals surface area contributed by atoms with Crippen LogP contribution in [0.2, 0.25) is 0 Å². The van der Waals surface area contributed by atoms with E-state index in [0.29, 0.717) is 19.1 Å². The largest absolute Gasteiger partial charge is 0.335 e. The zero-order chi connectivity index (χ0) is 14.0. The highest BCUT2D eigenvalue weighted by molar-refractivity contribution is 7.92. The number of nitrogens with one attached hydrogen (secondary N) is 1. The molecular weight excluding hydrogens is 264 g/mol. The number of urea groups is 1. The topological polar surface area (TPSA) is 66.5 Å². The van der Waals surface area contributed by atoms with Gasteiger partial charge in [-0.3, -0.25) is 0 Å². The van der Waals surface area contributed by atoms with Gasteiger partial charge in [0.05, 0.1) is 11.0 Å². The smallest absolute Gasteiger partial charge is 0.317 e. The Bertz CT molecular complexity index is 421. The zero-order valence-electron chi connectivity index (χ0n) is 11.8. The van der Waals surface area contributed by atoms with E-state index in [0.717, 1.165) is 12.8 Å². The lowest BCUT2D eigenvalue weighted by molar-refractivity contribution is 0.165. The standard InChI is InChI=1S/C13H24N2O3S/c1-10(2)9-19(17,18)12-7-15(8-12)13(16)14-11-5-3-4-6-11/h10-12H,3-9H2,1-2H3,(H,14,16). The van der Waals surface area contributed by atoms with Gasteiger partial charge in [0.2, 0.25) is 0 Å². The van der Waals surface area contributed by atoms with Crippen molar-refractivity contribution in [2.75, 3.05) is 18.8 Å². The van der Waals surface area contributed by atoms with Crippen LogP contribution < -0.4 is 5.32 Å². The summed E-state index contributed by atoms with van der Waals surface area (Å²) in [6, 6.07) is 0.196. The molecule has 0 aromatic heterocycles. The SMILES string of the molecule is CC(C)CS(=O)(=O)C1CN(C(=O)NC2CCCC2)C1. The summed E-state index contributed by atoms with van der Waals surface area (Å²) in [4.78, 5) is 13.5. The molecule has 0 aromatic rings. The van der Waals surface area contributed by atoms with Gasteiger partial charge in [-0.05, 0) is 18.8 Å². The number of amides is 2. The highest BCUT2D eigenvalue weighted by Crippen LogP contribution is 2.21. The number of carbonyl (C=O) groups excluding carboxylic acids is 1. The summed E-state index contributed by atoms with van der Waals surface area (Å²) in [6.45, 7) is 4.52. The van der Waals surface area contributed by atoms with Gasteiger partial charge in [0.25, 0.3) is 0 Å². The van der Waals surface area contributed by atoms with Crippen LogP contribution in [0.3, 0.4) is 0 Å². The molecule has 1 N–H and O–H groups in total. The van der Waals surface area contributed by atoms with Crippen LogP contribution in [-0.4, -0.2) is 49.5 Å². The molecule has 2 aliphatic rings. The average molecular weight is 288 g/mol. The van der Waals surface area contributed by atoms with Gasteiger partial charge in [0.15, 0.2) is 9.84 Å². The third-order valence-electron chi connectivity index (χ3n) is 3.89. The van der Waals surface area contributed by atoms with E-state index in [9.17, 15) is 13.2 Å². The van der Waals surface area contributed by atoms with E-state index < -0.39 is 9.84 Å². The molecule has 1 heterocycles. The maximum absolute atomic E-state index is 12.0. The molecule has 0 radical (unpaired) electrons. The second-order valence-electron chi connectivity index (χ2n) is 6.18. The molecule has 110 valence electrons. The Balaban J connectivity index is 1.77. The Morgan fingerprint density at radius 3 is 2.37 bits per heavy atom. The van der Waals surface area contributed by atoms with Crippen LogP contribution in [0.4, 0.5) is 4.79 Å². The first kappa shape index (κ1) is 14.6. The molecular formula is C13H24N2O3S. The number of likely N-dealkylation sites (tertiary alicyclic amines) is 1. The second kappa shape index (κ2) is 5.69. The predicted molar refractivity (Wildman–Crippen MR) is 74.8 cm³/mol. The fourth-order valence-corrected chi connectivity index (χ4v) is 4.78. The van der Waals surface area contributed by atoms with Crippen LogP contribution in [-0.2, 0) is 9.84 Å². The maximum atomic E-state index is 12.0. The summed E-state index contributed by atoms with van der Waals surface area (Å²) < 4.78 is 24.0. The lowest BCUT2D eigenvalue weighted by atomic mass is 10.2. The molecule has 2 rings (SSSR count). The molecule has 0 atom stereocenters. The van der Waals surface area contributed by atoms with Gasteiger partial charge in [-0.1, -0.05) is 26.7 Å². The summed E-state index contributed by atoms with van der Waals surface area (Å²) in [6.07, 6.45) is 4.45. The summed E-state index contributed by atoms with van der Waals surface area (Å²) in [5, 5.41) is 2.63. The van der Waals surface area contributed by atoms with Crippen LogP contribution in [0.15, 0.2) is 0 Å². The molecule has 0 bridgehead atoms. The van der Waals surface area contributed by atoms with Gasteiger partial charge in [-0.2, -0.15) is 0 Å². The van der Waals surface area contributed by atoms with Gasteiger partial charge in [-0.25, -0.2) is 13.2 Å². The molecule has 1 saturated carbocycles. The molecule has 0 spiro atoms. The van der Waals surface area contributed by atoms with Crippen molar-refractivity contribution in [2.45, 2.75) is 50.8 Å². The number of sulfone groups is 1. The minimum absolute atomic E-state index is 0.0945. The van der Waals surface area contributed by atoms with Crippen LogP contribution >= 0.6 is 0 Å². The first-order valence-electron chi connectivity index (χ1n) is 7.15. The van der Waals surface area contributed by atoms with Crippen LogP contribution in [0.5, 0.6) is 0 Å². The van der Waals surface area contributed by atoms with Crippen molar-refractivity contribution in [3.63, 3.8) is 0 Å². The number of hydrogen-bond donors (Lipinski definition) is 1. The summed E-state index contributed by atoms with van der Waals surface area (Å²) in [5.41, 5.74) is 0. The lowest BCUT2D eigenvalue weighted by Gasteiger charge is -2.39. The summed E-state index contributed by atoms with van der Waals surface area (Å²) in [5.74, 6) is 0.363. The second-order valence-corrected chi connectivity index (χ2v) is 8.51. The van der Waals surface area contributed by atoms with Crippen molar-refractivity contribution in [3.8, 4) is 0 Å². The zero-order valence-corrected chi connectivity index (χ0v) is 12.6. The van der Waals surface area contributed by atoms with Crippen molar-refractivity contribution in [3.05, 3.63) is 0 Å². The summed E-state index contributed by atoms with van der Waals surface area (Å²) >= 11 is 0. The van der Waals surface area contributed by atoms with E-state index in [4.69, 9.17) is 0 Å². The van der Waals surface area contributed by atoms with Crippen molar-refractivity contribution >= 4 is 15.9 Å². The van der Waals surface area contributed by atoms with Crippen molar-refractivity contribution in [1.82, 2.24) is 10.2 Å². The van der Waals surface area contributed by atoms with Gasteiger partial charge in [-0.15, -0.1) is 0 Å². The molecule has 19 heavy (non-hydrogen) atoms. The van der Waals surface area contributed by atoms with Gasteiger partial charge in [0.1, 0.15) is 0 Å². The van der Waals surface area contributed by atoms with E-state index in [1.807, 2.05) is 13.8 Å². The number of rotatable bonds is 4. The van der Waals surface area contributed by atoms with Crippen molar-refractivity contribution < 1.29 is 13.2 Å². The number of hydrogen-bond acceptors (Lipinski definition) is 3. The average Bonchev–Trinajstić information content (AvgIpc) is 2.64. The van der Waals surface area contributed by atoms with Crippen LogP contribution in [0.1, 0.15) is 39.5 Å². The molecule has 1 aliphatic carbocycles. The minimum Gasteiger partial charge on any atom is -0.335 e. The molecule has 0 aromatic carbocycles. The van der Waals surface area contributed by atoms with E-state index in [1.165, 1.54) is 12.8 Å². The third kappa shape index (κ3) is 3.61. The number of carbonyl (C=O) groups is 1. The Kier molecular flexibility index (Phi) is 4.38. The van der Waals surface area contributed by atoms with Crippen LogP contribution in [0.25, 0.3) is 0 Å². The maximum Gasteiger partial charge on any atom is 0.317 e. The van der Waals surface area contributed by atoms with Gasteiger partial charge < -0.3 is 10.2 Å².